The molecule has 3 nitrogen and oxygen atoms in total. The van der Waals surface area contributed by atoms with E-state index in [0.29, 0.717) is 0 Å². The van der Waals surface area contributed by atoms with E-state index in [1.54, 1.807) is 0 Å². The highest BCUT2D eigenvalue weighted by molar-refractivity contribution is 5.67. The van der Waals surface area contributed by atoms with Crippen molar-refractivity contribution in [1.82, 2.24) is 10.2 Å². The fourth-order valence-electron chi connectivity index (χ4n) is 4.57. The summed E-state index contributed by atoms with van der Waals surface area (Å²) in [7, 11) is 0. The first-order valence-electron chi connectivity index (χ1n) is 10.6. The molecule has 0 aliphatic carbocycles. The topological polar surface area (TPSA) is 24.5 Å². The Bertz CT molecular complexity index is 703. The van der Waals surface area contributed by atoms with Gasteiger partial charge in [-0.15, -0.1) is 0 Å². The zero-order chi connectivity index (χ0) is 18.4. The molecule has 2 heterocycles. The van der Waals surface area contributed by atoms with Gasteiger partial charge in [-0.1, -0.05) is 54.6 Å². The average Bonchev–Trinajstić information content (AvgIpc) is 3.23. The summed E-state index contributed by atoms with van der Waals surface area (Å²) in [6.45, 7) is 6.53. The Balaban J connectivity index is 1.50. The van der Waals surface area contributed by atoms with Crippen molar-refractivity contribution in [3.8, 4) is 11.1 Å². The molecule has 2 aromatic carbocycles. The van der Waals surface area contributed by atoms with Gasteiger partial charge >= 0.3 is 0 Å². The number of benzene rings is 2. The van der Waals surface area contributed by atoms with Crippen LogP contribution in [0.3, 0.4) is 0 Å². The lowest BCUT2D eigenvalue weighted by Gasteiger charge is -2.38. The molecule has 4 rings (SSSR count). The molecule has 0 bridgehead atoms. The number of nitrogens with zero attached hydrogens (tertiary/aromatic N) is 1. The third-order valence-electron chi connectivity index (χ3n) is 6.14. The minimum atomic E-state index is -0.0319. The third kappa shape index (κ3) is 4.78. The van der Waals surface area contributed by atoms with Crippen molar-refractivity contribution in [2.75, 3.05) is 39.3 Å². The molecule has 0 spiro atoms. The van der Waals surface area contributed by atoms with E-state index in [-0.39, 0.29) is 5.60 Å². The maximum Gasteiger partial charge on any atom is 0.0747 e. The van der Waals surface area contributed by atoms with Gasteiger partial charge in [0.15, 0.2) is 0 Å². The summed E-state index contributed by atoms with van der Waals surface area (Å²) >= 11 is 0. The number of nitrogens with one attached hydrogen (secondary N) is 1. The van der Waals surface area contributed by atoms with E-state index in [2.05, 4.69) is 64.8 Å². The molecule has 3 heteroatoms. The first-order chi connectivity index (χ1) is 13.3. The zero-order valence-corrected chi connectivity index (χ0v) is 16.3. The molecular formula is C24H32N2O. The molecule has 2 saturated heterocycles. The van der Waals surface area contributed by atoms with Crippen LogP contribution in [0.4, 0.5) is 0 Å². The van der Waals surface area contributed by atoms with E-state index < -0.39 is 0 Å². The van der Waals surface area contributed by atoms with Crippen LogP contribution in [0.5, 0.6) is 0 Å². The molecule has 0 amide bonds. The highest BCUT2D eigenvalue weighted by Crippen LogP contribution is 2.32. The maximum atomic E-state index is 6.65. The molecule has 1 N–H and O–H groups in total. The lowest BCUT2D eigenvalue weighted by atomic mass is 9.83. The summed E-state index contributed by atoms with van der Waals surface area (Å²) in [5.41, 5.74) is 4.02. The molecular weight excluding hydrogens is 332 g/mol. The van der Waals surface area contributed by atoms with Gasteiger partial charge < -0.3 is 15.0 Å². The molecule has 144 valence electrons. The summed E-state index contributed by atoms with van der Waals surface area (Å²) in [5, 5.41) is 3.51. The Hall–Kier alpha value is -1.68. The minimum absolute atomic E-state index is 0.0319. The molecule has 2 aromatic rings. The van der Waals surface area contributed by atoms with Crippen LogP contribution in [0.15, 0.2) is 54.6 Å². The smallest absolute Gasteiger partial charge is 0.0747 e. The molecule has 0 atom stereocenters. The van der Waals surface area contributed by atoms with Crippen molar-refractivity contribution in [1.29, 1.82) is 0 Å². The SMILES string of the molecule is c1ccc(-c2ccccc2CC2(OCCN3CCCC3)CCNCC2)cc1. The lowest BCUT2D eigenvalue weighted by Crippen LogP contribution is -2.46. The van der Waals surface area contributed by atoms with E-state index in [1.807, 2.05) is 0 Å². The summed E-state index contributed by atoms with van der Waals surface area (Å²) in [6.07, 6.45) is 5.88. The van der Waals surface area contributed by atoms with E-state index in [4.69, 9.17) is 4.74 Å². The second kappa shape index (κ2) is 9.01. The van der Waals surface area contributed by atoms with Gasteiger partial charge in [0, 0.05) is 13.0 Å². The van der Waals surface area contributed by atoms with Gasteiger partial charge in [0.2, 0.25) is 0 Å². The molecule has 2 aliphatic heterocycles. The van der Waals surface area contributed by atoms with E-state index >= 15 is 0 Å². The predicted molar refractivity (Wildman–Crippen MR) is 112 cm³/mol. The van der Waals surface area contributed by atoms with Gasteiger partial charge in [-0.2, -0.15) is 0 Å². The van der Waals surface area contributed by atoms with Crippen LogP contribution < -0.4 is 5.32 Å². The molecule has 0 aromatic heterocycles. The molecule has 27 heavy (non-hydrogen) atoms. The molecule has 2 aliphatic rings. The van der Waals surface area contributed by atoms with Gasteiger partial charge in [0.25, 0.3) is 0 Å². The van der Waals surface area contributed by atoms with Gasteiger partial charge in [-0.3, -0.25) is 0 Å². The largest absolute Gasteiger partial charge is 0.373 e. The van der Waals surface area contributed by atoms with Crippen molar-refractivity contribution >= 4 is 0 Å². The standard InChI is InChI=1S/C24H32N2O/c1-2-8-21(9-3-1)23-11-5-4-10-22(23)20-24(12-14-25-15-13-24)27-19-18-26-16-6-7-17-26/h1-5,8-11,25H,6-7,12-20H2. The fourth-order valence-corrected chi connectivity index (χ4v) is 4.57. The zero-order valence-electron chi connectivity index (χ0n) is 16.3. The molecule has 0 saturated carbocycles. The normalized spacial score (nSPS) is 20.0. The second-order valence-electron chi connectivity index (χ2n) is 8.03. The van der Waals surface area contributed by atoms with Gasteiger partial charge in [0.1, 0.15) is 0 Å². The molecule has 0 radical (unpaired) electrons. The molecule has 2 fully saturated rings. The molecule has 0 unspecified atom stereocenters. The number of rotatable bonds is 7. The first-order valence-corrected chi connectivity index (χ1v) is 10.6. The Morgan fingerprint density at radius 2 is 1.59 bits per heavy atom. The van der Waals surface area contributed by atoms with Crippen LogP contribution in [0.1, 0.15) is 31.2 Å². The number of hydrogen-bond donors (Lipinski definition) is 1. The Morgan fingerprint density at radius 1 is 0.889 bits per heavy atom. The lowest BCUT2D eigenvalue weighted by molar-refractivity contribution is -0.0697. The van der Waals surface area contributed by atoms with Crippen molar-refractivity contribution in [2.24, 2.45) is 0 Å². The number of ether oxygens (including phenoxy) is 1. The average molecular weight is 365 g/mol. The van der Waals surface area contributed by atoms with Crippen LogP contribution in [0, 0.1) is 0 Å². The summed E-state index contributed by atoms with van der Waals surface area (Å²) in [4.78, 5) is 2.55. The monoisotopic (exact) mass is 364 g/mol. The first kappa shape index (κ1) is 18.7. The number of hydrogen-bond acceptors (Lipinski definition) is 3. The van der Waals surface area contributed by atoms with Crippen LogP contribution in [0.25, 0.3) is 11.1 Å². The van der Waals surface area contributed by atoms with Crippen LogP contribution in [-0.4, -0.2) is 49.8 Å². The highest BCUT2D eigenvalue weighted by atomic mass is 16.5. The summed E-state index contributed by atoms with van der Waals surface area (Å²) in [6, 6.07) is 19.6. The van der Waals surface area contributed by atoms with E-state index in [9.17, 15) is 0 Å². The van der Waals surface area contributed by atoms with E-state index in [1.165, 1.54) is 42.6 Å². The Kier molecular flexibility index (Phi) is 6.23. The summed E-state index contributed by atoms with van der Waals surface area (Å²) < 4.78 is 6.65. The van der Waals surface area contributed by atoms with Crippen molar-refractivity contribution in [3.63, 3.8) is 0 Å². The highest BCUT2D eigenvalue weighted by Gasteiger charge is 2.34. The maximum absolute atomic E-state index is 6.65. The third-order valence-corrected chi connectivity index (χ3v) is 6.14. The van der Waals surface area contributed by atoms with Crippen molar-refractivity contribution < 1.29 is 4.74 Å². The van der Waals surface area contributed by atoms with Gasteiger partial charge in [-0.25, -0.2) is 0 Å². The summed E-state index contributed by atoms with van der Waals surface area (Å²) in [5.74, 6) is 0. The number of likely N-dealkylation sites (tertiary alicyclic amines) is 1. The van der Waals surface area contributed by atoms with Crippen LogP contribution in [0.2, 0.25) is 0 Å². The Labute approximate surface area is 163 Å². The van der Waals surface area contributed by atoms with Crippen molar-refractivity contribution in [3.05, 3.63) is 60.2 Å². The van der Waals surface area contributed by atoms with Gasteiger partial charge in [0.05, 0.1) is 12.2 Å². The quantitative estimate of drug-likeness (QED) is 0.799. The van der Waals surface area contributed by atoms with E-state index in [0.717, 1.165) is 45.5 Å². The van der Waals surface area contributed by atoms with Crippen molar-refractivity contribution in [2.45, 2.75) is 37.7 Å². The predicted octanol–water partition coefficient (Wildman–Crippen LogP) is 4.13. The minimum Gasteiger partial charge on any atom is -0.373 e. The number of piperidine rings is 1. The van der Waals surface area contributed by atoms with Crippen LogP contribution in [-0.2, 0) is 11.2 Å². The second-order valence-corrected chi connectivity index (χ2v) is 8.03. The Morgan fingerprint density at radius 3 is 2.37 bits per heavy atom. The van der Waals surface area contributed by atoms with Crippen LogP contribution >= 0.6 is 0 Å². The fraction of sp³-hybridized carbons (Fsp3) is 0.500. The van der Waals surface area contributed by atoms with Gasteiger partial charge in [-0.05, 0) is 68.6 Å².